The number of ether oxygens (including phenoxy) is 2. The molecule has 29 heavy (non-hydrogen) atoms. The summed E-state index contributed by atoms with van der Waals surface area (Å²) >= 11 is 0. The number of carbonyl (C=O) groups is 2. The van der Waals surface area contributed by atoms with E-state index in [9.17, 15) is 9.59 Å². The van der Waals surface area contributed by atoms with Gasteiger partial charge in [-0.25, -0.2) is 0 Å². The van der Waals surface area contributed by atoms with Crippen molar-refractivity contribution in [2.75, 3.05) is 26.4 Å². The zero-order chi connectivity index (χ0) is 20.2. The third kappa shape index (κ3) is 4.36. The lowest BCUT2D eigenvalue weighted by Gasteiger charge is -2.31. The average Bonchev–Trinajstić information content (AvgIpc) is 3.21. The van der Waals surface area contributed by atoms with Crippen LogP contribution in [-0.2, 0) is 11.2 Å². The molecule has 1 N–H and O–H groups in total. The summed E-state index contributed by atoms with van der Waals surface area (Å²) in [7, 11) is 0. The highest BCUT2D eigenvalue weighted by Crippen LogP contribution is 2.32. The molecule has 2 heterocycles. The number of aryl methyl sites for hydroxylation is 1. The van der Waals surface area contributed by atoms with E-state index in [2.05, 4.69) is 5.32 Å². The molecule has 0 unspecified atom stereocenters. The molecule has 0 aliphatic carbocycles. The Morgan fingerprint density at radius 1 is 1.07 bits per heavy atom. The summed E-state index contributed by atoms with van der Waals surface area (Å²) in [6.07, 6.45) is 2.15. The van der Waals surface area contributed by atoms with E-state index in [1.807, 2.05) is 54.3 Å². The van der Waals surface area contributed by atoms with E-state index in [0.29, 0.717) is 32.5 Å². The third-order valence-electron chi connectivity index (χ3n) is 5.68. The summed E-state index contributed by atoms with van der Waals surface area (Å²) in [5.74, 6) is 1.63. The molecule has 2 aliphatic heterocycles. The molecule has 2 aromatic rings. The summed E-state index contributed by atoms with van der Waals surface area (Å²) < 4.78 is 10.7. The van der Waals surface area contributed by atoms with Gasteiger partial charge in [0.25, 0.3) is 5.91 Å². The minimum absolute atomic E-state index is 0.0346. The molecule has 0 aromatic heterocycles. The number of rotatable bonds is 5. The maximum atomic E-state index is 12.7. The zero-order valence-electron chi connectivity index (χ0n) is 16.6. The number of benzene rings is 2. The summed E-state index contributed by atoms with van der Waals surface area (Å²) in [5.41, 5.74) is 2.84. The molecule has 0 atom stereocenters. The lowest BCUT2D eigenvalue weighted by atomic mass is 9.95. The molecule has 152 valence electrons. The van der Waals surface area contributed by atoms with Gasteiger partial charge in [-0.3, -0.25) is 9.59 Å². The molecule has 0 bridgehead atoms. The maximum Gasteiger partial charge on any atom is 0.254 e. The van der Waals surface area contributed by atoms with E-state index in [4.69, 9.17) is 9.47 Å². The van der Waals surface area contributed by atoms with Crippen LogP contribution in [0.15, 0.2) is 42.5 Å². The second kappa shape index (κ2) is 8.55. The fraction of sp³-hybridized carbons (Fsp3) is 0.391. The van der Waals surface area contributed by atoms with E-state index in [0.717, 1.165) is 34.6 Å². The number of fused-ring (bicyclic) bond motifs is 1. The van der Waals surface area contributed by atoms with Gasteiger partial charge in [0.05, 0.1) is 0 Å². The number of carbonyl (C=O) groups excluding carboxylic acids is 2. The van der Waals surface area contributed by atoms with Crippen molar-refractivity contribution >= 4 is 11.8 Å². The van der Waals surface area contributed by atoms with Crippen molar-refractivity contribution in [2.45, 2.75) is 26.2 Å². The van der Waals surface area contributed by atoms with Crippen LogP contribution in [-0.4, -0.2) is 43.1 Å². The van der Waals surface area contributed by atoms with Gasteiger partial charge < -0.3 is 19.7 Å². The van der Waals surface area contributed by atoms with Gasteiger partial charge >= 0.3 is 0 Å². The minimum Gasteiger partial charge on any atom is -0.454 e. The van der Waals surface area contributed by atoms with Crippen molar-refractivity contribution in [2.24, 2.45) is 5.92 Å². The van der Waals surface area contributed by atoms with E-state index in [1.165, 1.54) is 0 Å². The summed E-state index contributed by atoms with van der Waals surface area (Å²) in [5, 5.41) is 3.04. The molecule has 6 nitrogen and oxygen atoms in total. The summed E-state index contributed by atoms with van der Waals surface area (Å²) in [6, 6.07) is 13.5. The van der Waals surface area contributed by atoms with Crippen LogP contribution in [0.3, 0.4) is 0 Å². The smallest absolute Gasteiger partial charge is 0.254 e. The molecule has 0 radical (unpaired) electrons. The number of amides is 2. The van der Waals surface area contributed by atoms with Gasteiger partial charge in [-0.15, -0.1) is 0 Å². The first-order valence-electron chi connectivity index (χ1n) is 10.1. The van der Waals surface area contributed by atoms with Gasteiger partial charge in [-0.1, -0.05) is 24.3 Å². The van der Waals surface area contributed by atoms with Gasteiger partial charge in [0.15, 0.2) is 11.5 Å². The Hall–Kier alpha value is -3.02. The molecule has 0 spiro atoms. The normalized spacial score (nSPS) is 16.0. The van der Waals surface area contributed by atoms with E-state index in [-0.39, 0.29) is 24.5 Å². The standard InChI is InChI=1S/C23H26N2O4/c1-16-4-2-3-5-19(16)23(27)25-12-9-18(10-13-25)22(26)24-11-8-17-6-7-20-21(14-17)29-15-28-20/h2-7,14,18H,8-13,15H2,1H3,(H,24,26). The summed E-state index contributed by atoms with van der Waals surface area (Å²) in [6.45, 7) is 4.04. The number of nitrogens with zero attached hydrogens (tertiary/aromatic N) is 1. The SMILES string of the molecule is Cc1ccccc1C(=O)N1CCC(C(=O)NCCc2ccc3c(c2)OCO3)CC1. The lowest BCUT2D eigenvalue weighted by molar-refractivity contribution is -0.126. The average molecular weight is 394 g/mol. The van der Waals surface area contributed by atoms with Gasteiger partial charge in [0.1, 0.15) is 0 Å². The first kappa shape index (κ1) is 19.3. The Kier molecular flexibility index (Phi) is 5.69. The van der Waals surface area contributed by atoms with Crippen LogP contribution >= 0.6 is 0 Å². The molecule has 4 rings (SSSR count). The van der Waals surface area contributed by atoms with Crippen molar-refractivity contribution in [1.82, 2.24) is 10.2 Å². The monoisotopic (exact) mass is 394 g/mol. The number of likely N-dealkylation sites (tertiary alicyclic amines) is 1. The van der Waals surface area contributed by atoms with Crippen molar-refractivity contribution < 1.29 is 19.1 Å². The molecule has 1 saturated heterocycles. The molecular weight excluding hydrogens is 368 g/mol. The topological polar surface area (TPSA) is 67.9 Å². The van der Waals surface area contributed by atoms with Gasteiger partial charge in [0, 0.05) is 31.1 Å². The predicted molar refractivity (Wildman–Crippen MR) is 109 cm³/mol. The molecule has 0 saturated carbocycles. The molecule has 2 aliphatic rings. The molecule has 6 heteroatoms. The summed E-state index contributed by atoms with van der Waals surface area (Å²) in [4.78, 5) is 27.1. The highest BCUT2D eigenvalue weighted by molar-refractivity contribution is 5.95. The largest absolute Gasteiger partial charge is 0.454 e. The highest BCUT2D eigenvalue weighted by Gasteiger charge is 2.28. The van der Waals surface area contributed by atoms with Crippen LogP contribution in [0.5, 0.6) is 11.5 Å². The Morgan fingerprint density at radius 2 is 1.83 bits per heavy atom. The number of hydrogen-bond acceptors (Lipinski definition) is 4. The minimum atomic E-state index is -0.0346. The molecule has 2 amide bonds. The first-order chi connectivity index (χ1) is 14.1. The Bertz CT molecular complexity index is 904. The second-order valence-corrected chi connectivity index (χ2v) is 7.61. The van der Waals surface area contributed by atoms with Crippen molar-refractivity contribution in [3.05, 3.63) is 59.2 Å². The van der Waals surface area contributed by atoms with Gasteiger partial charge in [-0.2, -0.15) is 0 Å². The number of piperidine rings is 1. The Balaban J connectivity index is 1.23. The molecular formula is C23H26N2O4. The predicted octanol–water partition coefficient (Wildman–Crippen LogP) is 2.93. The molecule has 1 fully saturated rings. The van der Waals surface area contributed by atoms with Gasteiger partial charge in [-0.05, 0) is 55.5 Å². The second-order valence-electron chi connectivity index (χ2n) is 7.61. The maximum absolute atomic E-state index is 12.7. The van der Waals surface area contributed by atoms with Crippen LogP contribution < -0.4 is 14.8 Å². The van der Waals surface area contributed by atoms with Crippen molar-refractivity contribution in [1.29, 1.82) is 0 Å². The van der Waals surface area contributed by atoms with Crippen LogP contribution in [0.2, 0.25) is 0 Å². The van der Waals surface area contributed by atoms with E-state index < -0.39 is 0 Å². The fourth-order valence-corrected chi connectivity index (χ4v) is 3.90. The first-order valence-corrected chi connectivity index (χ1v) is 10.1. The Morgan fingerprint density at radius 3 is 2.62 bits per heavy atom. The van der Waals surface area contributed by atoms with Crippen LogP contribution in [0, 0.1) is 12.8 Å². The van der Waals surface area contributed by atoms with Gasteiger partial charge in [0.2, 0.25) is 12.7 Å². The van der Waals surface area contributed by atoms with Crippen LogP contribution in [0.1, 0.15) is 34.3 Å². The Labute approximate surface area is 170 Å². The molecule has 2 aromatic carbocycles. The zero-order valence-corrected chi connectivity index (χ0v) is 16.6. The number of hydrogen-bond donors (Lipinski definition) is 1. The quantitative estimate of drug-likeness (QED) is 0.847. The van der Waals surface area contributed by atoms with Crippen molar-refractivity contribution in [3.8, 4) is 11.5 Å². The van der Waals surface area contributed by atoms with E-state index in [1.54, 1.807) is 0 Å². The number of nitrogens with one attached hydrogen (secondary N) is 1. The highest BCUT2D eigenvalue weighted by atomic mass is 16.7. The lowest BCUT2D eigenvalue weighted by Crippen LogP contribution is -2.43. The van der Waals surface area contributed by atoms with E-state index >= 15 is 0 Å². The fourth-order valence-electron chi connectivity index (χ4n) is 3.90. The van der Waals surface area contributed by atoms with Crippen LogP contribution in [0.25, 0.3) is 0 Å². The third-order valence-corrected chi connectivity index (χ3v) is 5.68. The van der Waals surface area contributed by atoms with Crippen molar-refractivity contribution in [3.63, 3.8) is 0 Å². The van der Waals surface area contributed by atoms with Crippen LogP contribution in [0.4, 0.5) is 0 Å².